The van der Waals surface area contributed by atoms with Gasteiger partial charge in [0.2, 0.25) is 5.91 Å². The normalized spacial score (nSPS) is 18.1. The van der Waals surface area contributed by atoms with Crippen molar-refractivity contribution in [2.45, 2.75) is 19.4 Å². The second-order valence-corrected chi connectivity index (χ2v) is 5.86. The Morgan fingerprint density at radius 1 is 1.18 bits per heavy atom. The minimum atomic E-state index is -0.473. The molecule has 1 amide bonds. The van der Waals surface area contributed by atoms with Crippen molar-refractivity contribution in [2.24, 2.45) is 5.73 Å². The lowest BCUT2D eigenvalue weighted by Crippen LogP contribution is -2.49. The van der Waals surface area contributed by atoms with Crippen LogP contribution < -0.4 is 11.1 Å². The van der Waals surface area contributed by atoms with Crippen molar-refractivity contribution in [3.8, 4) is 0 Å². The van der Waals surface area contributed by atoms with Gasteiger partial charge in [-0.1, -0.05) is 37.3 Å². The van der Waals surface area contributed by atoms with Crippen LogP contribution in [0.3, 0.4) is 0 Å². The lowest BCUT2D eigenvalue weighted by Gasteiger charge is -2.34. The highest BCUT2D eigenvalue weighted by Crippen LogP contribution is 2.02. The molecule has 5 heteroatoms. The summed E-state index contributed by atoms with van der Waals surface area (Å²) in [6.07, 6.45) is 0.585. The van der Waals surface area contributed by atoms with Gasteiger partial charge in [-0.2, -0.15) is 0 Å². The lowest BCUT2D eigenvalue weighted by molar-refractivity contribution is -0.122. The third-order valence-corrected chi connectivity index (χ3v) is 4.27. The first-order chi connectivity index (χ1) is 10.7. The topological polar surface area (TPSA) is 61.6 Å². The molecular weight excluding hydrogens is 276 g/mol. The highest BCUT2D eigenvalue weighted by atomic mass is 16.2. The first-order valence-corrected chi connectivity index (χ1v) is 8.21. The van der Waals surface area contributed by atoms with Gasteiger partial charge in [-0.05, 0) is 18.5 Å². The molecule has 0 saturated carbocycles. The molecule has 5 nitrogen and oxygen atoms in total. The van der Waals surface area contributed by atoms with E-state index in [-0.39, 0.29) is 5.91 Å². The number of hydrogen-bond donors (Lipinski definition) is 2. The van der Waals surface area contributed by atoms with E-state index in [1.54, 1.807) is 0 Å². The highest BCUT2D eigenvalue weighted by Gasteiger charge is 2.16. The number of rotatable bonds is 7. The maximum Gasteiger partial charge on any atom is 0.237 e. The molecule has 0 aromatic heterocycles. The van der Waals surface area contributed by atoms with Crippen LogP contribution in [0.2, 0.25) is 0 Å². The zero-order valence-electron chi connectivity index (χ0n) is 13.5. The zero-order valence-corrected chi connectivity index (χ0v) is 13.5. The van der Waals surface area contributed by atoms with Crippen molar-refractivity contribution in [3.05, 3.63) is 35.9 Å². The van der Waals surface area contributed by atoms with Gasteiger partial charge >= 0.3 is 0 Å². The van der Waals surface area contributed by atoms with Crippen LogP contribution >= 0.6 is 0 Å². The van der Waals surface area contributed by atoms with Crippen molar-refractivity contribution < 1.29 is 4.79 Å². The van der Waals surface area contributed by atoms with Crippen LogP contribution in [0.5, 0.6) is 0 Å². The Hall–Kier alpha value is -1.43. The molecule has 0 spiro atoms. The monoisotopic (exact) mass is 304 g/mol. The Bertz CT molecular complexity index is 443. The molecule has 1 saturated heterocycles. The number of nitrogens with two attached hydrogens (primary N) is 1. The Morgan fingerprint density at radius 2 is 1.82 bits per heavy atom. The maximum atomic E-state index is 12.0. The molecule has 0 aliphatic carbocycles. The van der Waals surface area contributed by atoms with Crippen molar-refractivity contribution in [2.75, 3.05) is 45.8 Å². The van der Waals surface area contributed by atoms with E-state index in [0.29, 0.717) is 13.0 Å². The Kier molecular flexibility index (Phi) is 6.83. The van der Waals surface area contributed by atoms with E-state index in [4.69, 9.17) is 5.73 Å². The molecule has 1 aromatic carbocycles. The summed E-state index contributed by atoms with van der Waals surface area (Å²) in [6, 6.07) is 9.43. The summed E-state index contributed by atoms with van der Waals surface area (Å²) in [5, 5.41) is 2.96. The Labute approximate surface area is 133 Å². The average molecular weight is 304 g/mol. The van der Waals surface area contributed by atoms with Crippen molar-refractivity contribution >= 4 is 5.91 Å². The van der Waals surface area contributed by atoms with Gasteiger partial charge in [-0.25, -0.2) is 0 Å². The molecule has 0 bridgehead atoms. The number of carbonyl (C=O) groups is 1. The fourth-order valence-corrected chi connectivity index (χ4v) is 2.76. The van der Waals surface area contributed by atoms with E-state index in [1.807, 2.05) is 30.3 Å². The third-order valence-electron chi connectivity index (χ3n) is 4.27. The van der Waals surface area contributed by atoms with Crippen LogP contribution in [0.25, 0.3) is 0 Å². The SMILES string of the molecule is CCN1CCN(CCNC(=O)C(N)Cc2ccccc2)CC1. The van der Waals surface area contributed by atoms with Crippen LogP contribution in [0.15, 0.2) is 30.3 Å². The van der Waals surface area contributed by atoms with Gasteiger partial charge in [0.15, 0.2) is 0 Å². The van der Waals surface area contributed by atoms with Gasteiger partial charge < -0.3 is 16.0 Å². The Balaban J connectivity index is 1.63. The highest BCUT2D eigenvalue weighted by molar-refractivity contribution is 5.81. The molecule has 0 radical (unpaired) electrons. The minimum absolute atomic E-state index is 0.0592. The summed E-state index contributed by atoms with van der Waals surface area (Å²) in [5.41, 5.74) is 7.07. The second kappa shape index (κ2) is 8.88. The van der Waals surface area contributed by atoms with E-state index in [1.165, 1.54) is 0 Å². The van der Waals surface area contributed by atoms with Crippen molar-refractivity contribution in [1.82, 2.24) is 15.1 Å². The largest absolute Gasteiger partial charge is 0.353 e. The molecule has 1 aromatic rings. The molecule has 2 rings (SSSR count). The summed E-state index contributed by atoms with van der Waals surface area (Å²) in [5.74, 6) is -0.0592. The van der Waals surface area contributed by atoms with E-state index in [2.05, 4.69) is 22.0 Å². The lowest BCUT2D eigenvalue weighted by atomic mass is 10.1. The van der Waals surface area contributed by atoms with Gasteiger partial charge in [0.1, 0.15) is 0 Å². The number of piperazine rings is 1. The van der Waals surface area contributed by atoms with E-state index < -0.39 is 6.04 Å². The van der Waals surface area contributed by atoms with Crippen LogP contribution in [0.4, 0.5) is 0 Å². The van der Waals surface area contributed by atoms with Gasteiger partial charge in [0.05, 0.1) is 6.04 Å². The summed E-state index contributed by atoms with van der Waals surface area (Å²) < 4.78 is 0. The van der Waals surface area contributed by atoms with E-state index >= 15 is 0 Å². The fraction of sp³-hybridized carbons (Fsp3) is 0.588. The van der Waals surface area contributed by atoms with Gasteiger partial charge in [0.25, 0.3) is 0 Å². The molecule has 1 atom stereocenters. The molecular formula is C17H28N4O. The molecule has 122 valence electrons. The summed E-state index contributed by atoms with van der Waals surface area (Å²) in [7, 11) is 0. The predicted molar refractivity (Wildman–Crippen MR) is 89.7 cm³/mol. The predicted octanol–water partition coefficient (Wildman–Crippen LogP) is 0.310. The number of carbonyl (C=O) groups excluding carboxylic acids is 1. The van der Waals surface area contributed by atoms with Gasteiger partial charge in [-0.3, -0.25) is 9.69 Å². The quantitative estimate of drug-likeness (QED) is 0.761. The molecule has 1 fully saturated rings. The van der Waals surface area contributed by atoms with Gasteiger partial charge in [-0.15, -0.1) is 0 Å². The molecule has 3 N–H and O–H groups in total. The Morgan fingerprint density at radius 3 is 2.45 bits per heavy atom. The van der Waals surface area contributed by atoms with Crippen LogP contribution in [-0.2, 0) is 11.2 Å². The molecule has 1 aliphatic rings. The molecule has 1 aliphatic heterocycles. The number of nitrogens with one attached hydrogen (secondary N) is 1. The summed E-state index contributed by atoms with van der Waals surface area (Å²) in [4.78, 5) is 16.9. The maximum absolute atomic E-state index is 12.0. The number of likely N-dealkylation sites (N-methyl/N-ethyl adjacent to an activating group) is 1. The first kappa shape index (κ1) is 16.9. The van der Waals surface area contributed by atoms with E-state index in [9.17, 15) is 4.79 Å². The van der Waals surface area contributed by atoms with E-state index in [0.717, 1.165) is 44.8 Å². The summed E-state index contributed by atoms with van der Waals surface area (Å²) >= 11 is 0. The fourth-order valence-electron chi connectivity index (χ4n) is 2.76. The van der Waals surface area contributed by atoms with Crippen LogP contribution in [0, 0.1) is 0 Å². The second-order valence-electron chi connectivity index (χ2n) is 5.86. The zero-order chi connectivity index (χ0) is 15.8. The molecule has 1 heterocycles. The number of hydrogen-bond acceptors (Lipinski definition) is 4. The van der Waals surface area contributed by atoms with Crippen molar-refractivity contribution in [3.63, 3.8) is 0 Å². The van der Waals surface area contributed by atoms with Gasteiger partial charge in [0, 0.05) is 39.3 Å². The average Bonchev–Trinajstić information content (AvgIpc) is 2.56. The standard InChI is InChI=1S/C17H28N4O/c1-2-20-10-12-21(13-11-20)9-8-19-17(22)16(18)14-15-6-4-3-5-7-15/h3-7,16H,2,8-14,18H2,1H3,(H,19,22). The number of amides is 1. The molecule has 22 heavy (non-hydrogen) atoms. The van der Waals surface area contributed by atoms with Crippen LogP contribution in [-0.4, -0.2) is 67.6 Å². The first-order valence-electron chi connectivity index (χ1n) is 8.21. The minimum Gasteiger partial charge on any atom is -0.353 e. The summed E-state index contributed by atoms with van der Waals surface area (Å²) in [6.45, 7) is 9.31. The number of nitrogens with zero attached hydrogens (tertiary/aromatic N) is 2. The third kappa shape index (κ3) is 5.40. The smallest absolute Gasteiger partial charge is 0.237 e. The molecule has 1 unspecified atom stereocenters. The van der Waals surface area contributed by atoms with Crippen molar-refractivity contribution in [1.29, 1.82) is 0 Å². The van der Waals surface area contributed by atoms with Crippen LogP contribution in [0.1, 0.15) is 12.5 Å². The number of benzene rings is 1.